The van der Waals surface area contributed by atoms with E-state index < -0.39 is 23.0 Å². The Morgan fingerprint density at radius 3 is 2.66 bits per heavy atom. The second kappa shape index (κ2) is 9.91. The van der Waals surface area contributed by atoms with Crippen molar-refractivity contribution in [2.75, 3.05) is 44.4 Å². The number of carbonyl (C=O) groups is 1. The first-order valence-electron chi connectivity index (χ1n) is 13.5. The van der Waals surface area contributed by atoms with Gasteiger partial charge in [-0.15, -0.1) is 0 Å². The Kier molecular flexibility index (Phi) is 6.49. The monoisotopic (exact) mass is 560 g/mol. The predicted octanol–water partition coefficient (Wildman–Crippen LogP) is 4.12. The van der Waals surface area contributed by atoms with Gasteiger partial charge in [-0.25, -0.2) is 18.6 Å². The first-order chi connectivity index (χ1) is 19.6. The van der Waals surface area contributed by atoms with E-state index in [1.807, 2.05) is 14.1 Å². The Hall–Kier alpha value is -4.38. The summed E-state index contributed by atoms with van der Waals surface area (Å²) in [5.74, 6) is -3.19. The Morgan fingerprint density at radius 1 is 1.17 bits per heavy atom. The van der Waals surface area contributed by atoms with E-state index in [1.165, 1.54) is 16.8 Å². The van der Waals surface area contributed by atoms with E-state index in [1.54, 1.807) is 32.6 Å². The predicted molar refractivity (Wildman–Crippen MR) is 154 cm³/mol. The number of fused-ring (bicyclic) bond motifs is 4. The number of hydrogen-bond donors (Lipinski definition) is 2. The summed E-state index contributed by atoms with van der Waals surface area (Å²) in [6.45, 7) is 1.36. The number of aromatic nitrogens is 3. The molecule has 2 aliphatic rings. The number of carboxylic acids is 1. The number of aromatic carboxylic acids is 1. The fourth-order valence-electron chi connectivity index (χ4n) is 6.22. The smallest absolute Gasteiger partial charge is 0.341 e. The number of carboxylic acid groups (broad SMARTS) is 1. The lowest BCUT2D eigenvalue weighted by Gasteiger charge is -2.39. The molecule has 6 rings (SSSR count). The molecule has 2 N–H and O–H groups in total. The standard InChI is InChI=1S/C30H30F2N6O3/c1-33-22-10-21(31)26(32)24-17(22)9-23-25(24)27(38-7-5-6-16(13-38)36(2)3)19(12-34-23)15-8-18-28(39)20(30(40)41)14-37(4)29(18)35-11-15/h8,10-12,14,16,33H,5-7,9,13H2,1-4H3,(H,40,41). The third kappa shape index (κ3) is 4.22. The second-order valence-electron chi connectivity index (χ2n) is 10.9. The maximum atomic E-state index is 15.6. The molecule has 0 radical (unpaired) electrons. The van der Waals surface area contributed by atoms with Gasteiger partial charge in [0, 0.05) is 92.2 Å². The topological polar surface area (TPSA) is 104 Å². The molecule has 41 heavy (non-hydrogen) atoms. The van der Waals surface area contributed by atoms with Crippen molar-refractivity contribution >= 4 is 28.4 Å². The molecule has 1 fully saturated rings. The summed E-state index contributed by atoms with van der Waals surface area (Å²) >= 11 is 0. The third-order valence-electron chi connectivity index (χ3n) is 8.32. The minimum atomic E-state index is -1.32. The van der Waals surface area contributed by atoms with E-state index in [2.05, 4.69) is 20.1 Å². The van der Waals surface area contributed by atoms with Gasteiger partial charge in [-0.05, 0) is 38.6 Å². The number of halogens is 2. The van der Waals surface area contributed by atoms with Crippen molar-refractivity contribution in [1.29, 1.82) is 0 Å². The van der Waals surface area contributed by atoms with E-state index in [-0.39, 0.29) is 22.6 Å². The number of hydrogen-bond acceptors (Lipinski definition) is 7. The van der Waals surface area contributed by atoms with Crippen molar-refractivity contribution in [2.24, 2.45) is 7.05 Å². The zero-order valence-electron chi connectivity index (χ0n) is 23.3. The van der Waals surface area contributed by atoms with Crippen LogP contribution in [0.5, 0.6) is 0 Å². The average Bonchev–Trinajstić information content (AvgIpc) is 3.36. The summed E-state index contributed by atoms with van der Waals surface area (Å²) in [7, 11) is 7.36. The van der Waals surface area contributed by atoms with Gasteiger partial charge in [-0.1, -0.05) is 0 Å². The molecule has 1 saturated heterocycles. The SMILES string of the molecule is CNc1cc(F)c(F)c2c1Cc1ncc(-c3cnc4c(c3)c(=O)c(C(=O)O)cn4C)c(N3CCCC(N(C)C)C3)c1-2. The molecule has 0 saturated carbocycles. The third-order valence-corrected chi connectivity index (χ3v) is 8.32. The van der Waals surface area contributed by atoms with Crippen molar-refractivity contribution in [2.45, 2.75) is 25.3 Å². The van der Waals surface area contributed by atoms with Gasteiger partial charge in [0.25, 0.3) is 0 Å². The van der Waals surface area contributed by atoms with Crippen LogP contribution in [0.3, 0.4) is 0 Å². The molecule has 11 heteroatoms. The van der Waals surface area contributed by atoms with Crippen LogP contribution in [0.2, 0.25) is 0 Å². The molecule has 1 aromatic carbocycles. The molecule has 0 amide bonds. The highest BCUT2D eigenvalue weighted by molar-refractivity contribution is 5.98. The fourth-order valence-corrected chi connectivity index (χ4v) is 6.22. The van der Waals surface area contributed by atoms with Gasteiger partial charge in [0.15, 0.2) is 11.6 Å². The molecular weight excluding hydrogens is 530 g/mol. The van der Waals surface area contributed by atoms with Gasteiger partial charge in [0.1, 0.15) is 11.2 Å². The van der Waals surface area contributed by atoms with E-state index in [0.29, 0.717) is 64.5 Å². The first kappa shape index (κ1) is 26.8. The highest BCUT2D eigenvalue weighted by Crippen LogP contribution is 2.50. The lowest BCUT2D eigenvalue weighted by molar-refractivity contribution is 0.0695. The number of piperidine rings is 1. The molecule has 3 aromatic heterocycles. The van der Waals surface area contributed by atoms with Gasteiger partial charge in [-0.2, -0.15) is 0 Å². The normalized spacial score (nSPS) is 16.3. The second-order valence-corrected chi connectivity index (χ2v) is 10.9. The zero-order chi connectivity index (χ0) is 29.2. The van der Waals surface area contributed by atoms with Gasteiger partial charge in [0.2, 0.25) is 5.43 Å². The van der Waals surface area contributed by atoms with E-state index in [4.69, 9.17) is 4.98 Å². The molecule has 1 aliphatic heterocycles. The van der Waals surface area contributed by atoms with Crippen LogP contribution in [0, 0.1) is 11.6 Å². The van der Waals surface area contributed by atoms with Crippen LogP contribution in [-0.2, 0) is 13.5 Å². The van der Waals surface area contributed by atoms with E-state index >= 15 is 4.39 Å². The van der Waals surface area contributed by atoms with Gasteiger partial charge in [-0.3, -0.25) is 9.78 Å². The maximum absolute atomic E-state index is 15.6. The minimum absolute atomic E-state index is 0.149. The summed E-state index contributed by atoms with van der Waals surface area (Å²) in [6.07, 6.45) is 6.80. The average molecular weight is 561 g/mol. The number of likely N-dealkylation sites (N-methyl/N-ethyl adjacent to an activating group) is 1. The quantitative estimate of drug-likeness (QED) is 0.331. The molecule has 0 bridgehead atoms. The highest BCUT2D eigenvalue weighted by atomic mass is 19.2. The Morgan fingerprint density at radius 2 is 1.95 bits per heavy atom. The summed E-state index contributed by atoms with van der Waals surface area (Å²) in [4.78, 5) is 38.5. The number of pyridine rings is 3. The Balaban J connectivity index is 1.65. The van der Waals surface area contributed by atoms with Crippen LogP contribution in [0.1, 0.15) is 34.5 Å². The molecule has 1 atom stereocenters. The van der Waals surface area contributed by atoms with Crippen LogP contribution in [0.25, 0.3) is 33.3 Å². The van der Waals surface area contributed by atoms with Crippen molar-refractivity contribution < 1.29 is 18.7 Å². The van der Waals surface area contributed by atoms with Crippen LogP contribution in [0.4, 0.5) is 20.2 Å². The van der Waals surface area contributed by atoms with Crippen molar-refractivity contribution in [3.63, 3.8) is 0 Å². The molecule has 4 heterocycles. The number of nitrogens with zero attached hydrogens (tertiary/aromatic N) is 5. The van der Waals surface area contributed by atoms with Crippen molar-refractivity contribution in [3.8, 4) is 22.3 Å². The first-order valence-corrected chi connectivity index (χ1v) is 13.5. The van der Waals surface area contributed by atoms with E-state index in [9.17, 15) is 19.1 Å². The summed E-state index contributed by atoms with van der Waals surface area (Å²) < 4.78 is 32.0. The van der Waals surface area contributed by atoms with E-state index in [0.717, 1.165) is 12.8 Å². The number of nitrogens with one attached hydrogen (secondary N) is 1. The van der Waals surface area contributed by atoms with Gasteiger partial charge in [0.05, 0.1) is 16.8 Å². The largest absolute Gasteiger partial charge is 0.477 e. The summed E-state index contributed by atoms with van der Waals surface area (Å²) in [6, 6.07) is 3.03. The number of anilines is 2. The molecular formula is C30H30F2N6O3. The minimum Gasteiger partial charge on any atom is -0.477 e. The van der Waals surface area contributed by atoms with Gasteiger partial charge >= 0.3 is 5.97 Å². The molecule has 212 valence electrons. The molecule has 1 unspecified atom stereocenters. The van der Waals surface area contributed by atoms with Gasteiger partial charge < -0.3 is 24.8 Å². The lowest BCUT2D eigenvalue weighted by Crippen LogP contribution is -2.45. The molecule has 9 nitrogen and oxygen atoms in total. The number of benzene rings is 1. The molecule has 4 aromatic rings. The lowest BCUT2D eigenvalue weighted by atomic mass is 9.95. The van der Waals surface area contributed by atoms with Crippen molar-refractivity contribution in [1.82, 2.24) is 19.4 Å². The van der Waals surface area contributed by atoms with Crippen LogP contribution in [-0.4, -0.2) is 70.8 Å². The number of rotatable bonds is 5. The molecule has 0 spiro atoms. The van der Waals surface area contributed by atoms with Crippen LogP contribution < -0.4 is 15.6 Å². The highest BCUT2D eigenvalue weighted by Gasteiger charge is 2.35. The summed E-state index contributed by atoms with van der Waals surface area (Å²) in [5, 5.41) is 12.7. The maximum Gasteiger partial charge on any atom is 0.341 e. The van der Waals surface area contributed by atoms with Crippen LogP contribution in [0.15, 0.2) is 35.5 Å². The van der Waals surface area contributed by atoms with Crippen LogP contribution >= 0.6 is 0 Å². The Labute approximate surface area is 235 Å². The Bertz CT molecular complexity index is 1800. The van der Waals surface area contributed by atoms with Crippen molar-refractivity contribution in [3.05, 3.63) is 69.4 Å². The fraction of sp³-hybridized carbons (Fsp3) is 0.333. The number of aryl methyl sites for hydroxylation is 1. The zero-order valence-corrected chi connectivity index (χ0v) is 23.3. The summed E-state index contributed by atoms with van der Waals surface area (Å²) in [5.41, 5.74) is 3.72. The molecule has 1 aliphatic carbocycles.